The molecule has 1 heterocycles. The van der Waals surface area contributed by atoms with Crippen molar-refractivity contribution in [2.45, 2.75) is 19.8 Å². The Morgan fingerprint density at radius 3 is 2.52 bits per heavy atom. The van der Waals surface area contributed by atoms with Gasteiger partial charge in [0.2, 0.25) is 5.91 Å². The molecule has 0 aromatic heterocycles. The summed E-state index contributed by atoms with van der Waals surface area (Å²) in [6.07, 6.45) is 2.43. The number of hydrogen-bond donors (Lipinski definition) is 1. The van der Waals surface area contributed by atoms with E-state index in [1.807, 2.05) is 42.2 Å². The number of likely N-dealkylation sites (N-methyl/N-ethyl adjacent to an activating group) is 2. The van der Waals surface area contributed by atoms with Gasteiger partial charge in [-0.3, -0.25) is 9.69 Å². The standard InChI is InChI=1S/C17H27N3O/c1-3-20(16-7-5-4-6-8-16)17(21)14-19(2)13-15-9-11-18-12-10-15/h4-8,15,18H,3,9-14H2,1-2H3. The highest BCUT2D eigenvalue weighted by molar-refractivity contribution is 5.94. The fraction of sp³-hybridized carbons (Fsp3) is 0.588. The molecule has 1 fully saturated rings. The van der Waals surface area contributed by atoms with Gasteiger partial charge in [-0.15, -0.1) is 0 Å². The number of nitrogens with zero attached hydrogens (tertiary/aromatic N) is 2. The molecule has 1 aliphatic heterocycles. The third-order valence-electron chi connectivity index (χ3n) is 4.12. The molecule has 1 aliphatic rings. The number of anilines is 1. The van der Waals surface area contributed by atoms with Crippen molar-refractivity contribution in [2.75, 3.05) is 44.7 Å². The van der Waals surface area contributed by atoms with E-state index in [1.54, 1.807) is 0 Å². The highest BCUT2D eigenvalue weighted by Gasteiger charge is 2.19. The van der Waals surface area contributed by atoms with Crippen molar-refractivity contribution in [1.29, 1.82) is 0 Å². The molecule has 0 bridgehead atoms. The van der Waals surface area contributed by atoms with Crippen molar-refractivity contribution in [3.63, 3.8) is 0 Å². The first-order valence-corrected chi connectivity index (χ1v) is 7.95. The fourth-order valence-electron chi connectivity index (χ4n) is 3.00. The van der Waals surface area contributed by atoms with Crippen molar-refractivity contribution >= 4 is 11.6 Å². The van der Waals surface area contributed by atoms with Crippen LogP contribution in [0.3, 0.4) is 0 Å². The van der Waals surface area contributed by atoms with Gasteiger partial charge in [-0.2, -0.15) is 0 Å². The molecule has 116 valence electrons. The molecule has 0 unspecified atom stereocenters. The summed E-state index contributed by atoms with van der Waals surface area (Å²) in [6.45, 7) is 6.46. The third-order valence-corrected chi connectivity index (χ3v) is 4.12. The van der Waals surface area contributed by atoms with Crippen LogP contribution < -0.4 is 10.2 Å². The van der Waals surface area contributed by atoms with Crippen LogP contribution in [0.1, 0.15) is 19.8 Å². The molecule has 0 saturated carbocycles. The lowest BCUT2D eigenvalue weighted by Gasteiger charge is -2.29. The molecular formula is C17H27N3O. The predicted octanol–water partition coefficient (Wildman–Crippen LogP) is 1.97. The Morgan fingerprint density at radius 2 is 1.90 bits per heavy atom. The zero-order chi connectivity index (χ0) is 15.1. The van der Waals surface area contributed by atoms with E-state index < -0.39 is 0 Å². The largest absolute Gasteiger partial charge is 0.317 e. The van der Waals surface area contributed by atoms with E-state index in [0.717, 1.165) is 31.2 Å². The van der Waals surface area contributed by atoms with Crippen LogP contribution in [0, 0.1) is 5.92 Å². The summed E-state index contributed by atoms with van der Waals surface area (Å²) in [7, 11) is 2.05. The molecule has 1 aromatic rings. The van der Waals surface area contributed by atoms with Gasteiger partial charge in [0.25, 0.3) is 0 Å². The second-order valence-electron chi connectivity index (χ2n) is 5.86. The molecule has 2 rings (SSSR count). The summed E-state index contributed by atoms with van der Waals surface area (Å²) < 4.78 is 0. The number of benzene rings is 1. The number of rotatable bonds is 6. The summed E-state index contributed by atoms with van der Waals surface area (Å²) in [5.74, 6) is 0.899. The van der Waals surface area contributed by atoms with Gasteiger partial charge in [-0.05, 0) is 58.0 Å². The van der Waals surface area contributed by atoms with Gasteiger partial charge in [0.05, 0.1) is 6.54 Å². The van der Waals surface area contributed by atoms with Crippen LogP contribution in [0.25, 0.3) is 0 Å². The number of carbonyl (C=O) groups is 1. The topological polar surface area (TPSA) is 35.6 Å². The Kier molecular flexibility index (Phi) is 6.21. The molecule has 1 aromatic carbocycles. The fourth-order valence-corrected chi connectivity index (χ4v) is 3.00. The Morgan fingerprint density at radius 1 is 1.24 bits per heavy atom. The molecule has 0 spiro atoms. The second kappa shape index (κ2) is 8.15. The number of nitrogens with one attached hydrogen (secondary N) is 1. The highest BCUT2D eigenvalue weighted by Crippen LogP contribution is 2.15. The molecule has 0 radical (unpaired) electrons. The summed E-state index contributed by atoms with van der Waals surface area (Å²) in [6, 6.07) is 9.92. The highest BCUT2D eigenvalue weighted by atomic mass is 16.2. The lowest BCUT2D eigenvalue weighted by Crippen LogP contribution is -2.41. The molecule has 0 aliphatic carbocycles. The quantitative estimate of drug-likeness (QED) is 0.870. The van der Waals surface area contributed by atoms with E-state index >= 15 is 0 Å². The van der Waals surface area contributed by atoms with Crippen molar-refractivity contribution in [1.82, 2.24) is 10.2 Å². The van der Waals surface area contributed by atoms with Gasteiger partial charge in [0.1, 0.15) is 0 Å². The molecule has 1 amide bonds. The van der Waals surface area contributed by atoms with E-state index in [9.17, 15) is 4.79 Å². The average Bonchev–Trinajstić information content (AvgIpc) is 2.50. The maximum atomic E-state index is 12.5. The molecule has 1 saturated heterocycles. The van der Waals surface area contributed by atoms with E-state index in [1.165, 1.54) is 12.8 Å². The monoisotopic (exact) mass is 289 g/mol. The number of hydrogen-bond acceptors (Lipinski definition) is 3. The molecule has 0 atom stereocenters. The number of carbonyl (C=O) groups excluding carboxylic acids is 1. The molecule has 4 nitrogen and oxygen atoms in total. The Labute approximate surface area is 128 Å². The molecule has 1 N–H and O–H groups in total. The maximum Gasteiger partial charge on any atom is 0.241 e. The zero-order valence-corrected chi connectivity index (χ0v) is 13.2. The van der Waals surface area contributed by atoms with Crippen molar-refractivity contribution in [3.8, 4) is 0 Å². The predicted molar refractivity (Wildman–Crippen MR) is 87.6 cm³/mol. The van der Waals surface area contributed by atoms with E-state index in [4.69, 9.17) is 0 Å². The van der Waals surface area contributed by atoms with Crippen LogP contribution in [-0.4, -0.2) is 50.6 Å². The average molecular weight is 289 g/mol. The van der Waals surface area contributed by atoms with Crippen LogP contribution in [0.15, 0.2) is 30.3 Å². The van der Waals surface area contributed by atoms with Crippen LogP contribution in [0.4, 0.5) is 5.69 Å². The van der Waals surface area contributed by atoms with Gasteiger partial charge < -0.3 is 10.2 Å². The lowest BCUT2D eigenvalue weighted by atomic mass is 9.98. The van der Waals surface area contributed by atoms with Gasteiger partial charge >= 0.3 is 0 Å². The number of piperidine rings is 1. The molecule has 4 heteroatoms. The summed E-state index contributed by atoms with van der Waals surface area (Å²) in [5.41, 5.74) is 0.986. The number of amides is 1. The summed E-state index contributed by atoms with van der Waals surface area (Å²) in [4.78, 5) is 16.5. The SMILES string of the molecule is CCN(C(=O)CN(C)CC1CCNCC1)c1ccccc1. The Hall–Kier alpha value is -1.39. The van der Waals surface area contributed by atoms with Crippen LogP contribution >= 0.6 is 0 Å². The minimum atomic E-state index is 0.181. The van der Waals surface area contributed by atoms with Crippen LogP contribution in [-0.2, 0) is 4.79 Å². The summed E-state index contributed by atoms with van der Waals surface area (Å²) in [5, 5.41) is 3.38. The molecule has 21 heavy (non-hydrogen) atoms. The minimum absolute atomic E-state index is 0.181. The van der Waals surface area contributed by atoms with E-state index in [-0.39, 0.29) is 5.91 Å². The second-order valence-corrected chi connectivity index (χ2v) is 5.86. The van der Waals surface area contributed by atoms with Crippen molar-refractivity contribution in [2.24, 2.45) is 5.92 Å². The molecular weight excluding hydrogens is 262 g/mol. The summed E-state index contributed by atoms with van der Waals surface area (Å²) >= 11 is 0. The Bertz CT molecular complexity index is 429. The number of para-hydroxylation sites is 1. The van der Waals surface area contributed by atoms with Gasteiger partial charge in [0, 0.05) is 18.8 Å². The first-order chi connectivity index (χ1) is 10.2. The first kappa shape index (κ1) is 16.0. The van der Waals surface area contributed by atoms with Crippen molar-refractivity contribution in [3.05, 3.63) is 30.3 Å². The smallest absolute Gasteiger partial charge is 0.241 e. The van der Waals surface area contributed by atoms with E-state index in [2.05, 4.69) is 17.3 Å². The maximum absolute atomic E-state index is 12.5. The van der Waals surface area contributed by atoms with Crippen LogP contribution in [0.2, 0.25) is 0 Å². The third kappa shape index (κ3) is 4.83. The van der Waals surface area contributed by atoms with Gasteiger partial charge in [0.15, 0.2) is 0 Å². The van der Waals surface area contributed by atoms with E-state index in [0.29, 0.717) is 13.1 Å². The van der Waals surface area contributed by atoms with Gasteiger partial charge in [-0.1, -0.05) is 18.2 Å². The van der Waals surface area contributed by atoms with Crippen LogP contribution in [0.5, 0.6) is 0 Å². The van der Waals surface area contributed by atoms with Crippen molar-refractivity contribution < 1.29 is 4.79 Å². The first-order valence-electron chi connectivity index (χ1n) is 7.95. The van der Waals surface area contributed by atoms with Gasteiger partial charge in [-0.25, -0.2) is 0 Å². The lowest BCUT2D eigenvalue weighted by molar-refractivity contribution is -0.119. The Balaban J connectivity index is 1.86. The zero-order valence-electron chi connectivity index (χ0n) is 13.2. The minimum Gasteiger partial charge on any atom is -0.317 e. The normalized spacial score (nSPS) is 16.1.